The molecule has 11 aromatic carbocycles. The summed E-state index contributed by atoms with van der Waals surface area (Å²) in [5, 5.41) is 4.72. The van der Waals surface area contributed by atoms with Crippen LogP contribution in [0.1, 0.15) is 101 Å². The largest absolute Gasteiger partial charge is 0.454 e. The van der Waals surface area contributed by atoms with E-state index in [9.17, 15) is 0 Å². The van der Waals surface area contributed by atoms with Gasteiger partial charge in [-0.25, -0.2) is 0 Å². The maximum atomic E-state index is 7.47. The van der Waals surface area contributed by atoms with Crippen LogP contribution in [-0.4, -0.2) is 0 Å². The van der Waals surface area contributed by atoms with Crippen LogP contribution >= 0.6 is 11.3 Å². The van der Waals surface area contributed by atoms with Gasteiger partial charge in [-0.05, 0) is 150 Å². The zero-order chi connectivity index (χ0) is 56.7. The second-order valence-corrected chi connectivity index (χ2v) is 27.1. The maximum absolute atomic E-state index is 7.47. The predicted octanol–water partition coefficient (Wildman–Crippen LogP) is 22.8. The third kappa shape index (κ3) is 7.83. The van der Waals surface area contributed by atoms with Crippen LogP contribution in [0.2, 0.25) is 0 Å². The number of benzene rings is 11. The molecule has 0 radical (unpaired) electrons. The second kappa shape index (κ2) is 18.5. The van der Waals surface area contributed by atoms with Crippen molar-refractivity contribution in [3.63, 3.8) is 0 Å². The number of furan rings is 1. The number of hydrogen-bond donors (Lipinski definition) is 0. The molecule has 13 aromatic rings. The minimum absolute atomic E-state index is 0.0186. The third-order valence-electron chi connectivity index (χ3n) is 18.0. The van der Waals surface area contributed by atoms with Crippen LogP contribution in [0.4, 0.5) is 34.1 Å². The van der Waals surface area contributed by atoms with Crippen molar-refractivity contribution in [2.24, 2.45) is 0 Å². The Hall–Kier alpha value is -8.96. The van der Waals surface area contributed by atoms with Crippen LogP contribution in [0, 0.1) is 0 Å². The van der Waals surface area contributed by atoms with Gasteiger partial charge in [0.1, 0.15) is 5.58 Å². The molecule has 2 aliphatic carbocycles. The van der Waals surface area contributed by atoms with Gasteiger partial charge in [-0.1, -0.05) is 226 Å². The number of para-hydroxylation sites is 1. The molecule has 0 unspecified atom stereocenters. The highest BCUT2D eigenvalue weighted by molar-refractivity contribution is 7.26. The number of anilines is 6. The van der Waals surface area contributed by atoms with Crippen molar-refractivity contribution >= 4 is 87.6 Å². The summed E-state index contributed by atoms with van der Waals surface area (Å²) in [5.41, 5.74) is 23.8. The van der Waals surface area contributed by atoms with Gasteiger partial charge in [0.25, 0.3) is 0 Å². The highest BCUT2D eigenvalue weighted by Gasteiger charge is 2.54. The zero-order valence-corrected chi connectivity index (χ0v) is 49.5. The Morgan fingerprint density at radius 2 is 0.783 bits per heavy atom. The van der Waals surface area contributed by atoms with Gasteiger partial charge >= 0.3 is 0 Å². The normalized spacial score (nSPS) is 13.5. The summed E-state index contributed by atoms with van der Waals surface area (Å²) < 4.78 is 9.99. The van der Waals surface area contributed by atoms with E-state index in [4.69, 9.17) is 4.42 Å². The van der Waals surface area contributed by atoms with Gasteiger partial charge in [0.15, 0.2) is 5.58 Å². The molecule has 15 rings (SSSR count). The van der Waals surface area contributed by atoms with Crippen LogP contribution in [0.25, 0.3) is 75.5 Å². The molecule has 0 aliphatic heterocycles. The summed E-state index contributed by atoms with van der Waals surface area (Å²) in [6.07, 6.45) is 0. The molecule has 4 heteroatoms. The van der Waals surface area contributed by atoms with Gasteiger partial charge in [0.2, 0.25) is 0 Å². The van der Waals surface area contributed by atoms with Crippen LogP contribution < -0.4 is 9.80 Å². The second-order valence-electron chi connectivity index (χ2n) is 26.1. The Balaban J connectivity index is 1.10. The van der Waals surface area contributed by atoms with E-state index in [0.29, 0.717) is 0 Å². The Morgan fingerprint density at radius 1 is 0.361 bits per heavy atom. The van der Waals surface area contributed by atoms with E-state index in [0.717, 1.165) is 56.1 Å². The van der Waals surface area contributed by atoms with Crippen molar-refractivity contribution < 1.29 is 4.42 Å². The van der Waals surface area contributed by atoms with Crippen LogP contribution in [0.3, 0.4) is 0 Å². The Morgan fingerprint density at radius 3 is 1.33 bits per heavy atom. The quantitative estimate of drug-likeness (QED) is 0.159. The van der Waals surface area contributed by atoms with Crippen molar-refractivity contribution in [2.75, 3.05) is 9.80 Å². The first kappa shape index (κ1) is 51.0. The van der Waals surface area contributed by atoms with E-state index < -0.39 is 5.41 Å². The molecule has 0 fully saturated rings. The summed E-state index contributed by atoms with van der Waals surface area (Å²) in [4.78, 5) is 5.01. The summed E-state index contributed by atoms with van der Waals surface area (Å²) in [6, 6.07) is 89.3. The van der Waals surface area contributed by atoms with Gasteiger partial charge in [-0.15, -0.1) is 11.3 Å². The third-order valence-corrected chi connectivity index (χ3v) is 19.1. The molecule has 0 amide bonds. The standard InChI is InChI=1S/C79H66N2OS/c1-76(2,3)51-33-41-55(42-34-51)80(54-39-31-50(32-40-54)49-21-11-10-12-22-49)66-47-65-73(75-70(66)61-26-16-20-30-69(61)83-75)72-64(79(65)62-27-17-13-23-58(62)59-24-14-18-28-63(59)79)48-67(74-71(72)60-25-15-19-29-68(60)82-74)81(56-43-35-52(36-44-56)77(4,5)6)57-45-37-53(38-46-57)78(7,8)9/h10-48H,1-9H3. The fourth-order valence-electron chi connectivity index (χ4n) is 13.8. The lowest BCUT2D eigenvalue weighted by molar-refractivity contribution is 0.590. The highest BCUT2D eigenvalue weighted by atomic mass is 32.1. The van der Waals surface area contributed by atoms with E-state index >= 15 is 0 Å². The zero-order valence-electron chi connectivity index (χ0n) is 48.7. The molecule has 1 spiro atoms. The molecule has 83 heavy (non-hydrogen) atoms. The fraction of sp³-hybridized carbons (Fsp3) is 0.165. The first-order chi connectivity index (χ1) is 40.1. The average Bonchev–Trinajstić information content (AvgIpc) is 1.74. The molecular weight excluding hydrogens is 1020 g/mol. The lowest BCUT2D eigenvalue weighted by Crippen LogP contribution is -2.26. The van der Waals surface area contributed by atoms with Crippen molar-refractivity contribution in [3.05, 3.63) is 276 Å². The van der Waals surface area contributed by atoms with Crippen molar-refractivity contribution in [3.8, 4) is 33.4 Å². The molecule has 0 atom stereocenters. The molecular formula is C79H66N2OS. The van der Waals surface area contributed by atoms with E-state index in [1.165, 1.54) is 92.5 Å². The van der Waals surface area contributed by atoms with Crippen LogP contribution in [-0.2, 0) is 21.7 Å². The van der Waals surface area contributed by atoms with Crippen molar-refractivity contribution in [2.45, 2.75) is 84.0 Å². The molecule has 404 valence electrons. The molecule has 2 aliphatic rings. The van der Waals surface area contributed by atoms with Crippen LogP contribution in [0.5, 0.6) is 0 Å². The minimum Gasteiger partial charge on any atom is -0.454 e. The van der Waals surface area contributed by atoms with Crippen LogP contribution in [0.15, 0.2) is 241 Å². The molecule has 3 nitrogen and oxygen atoms in total. The number of rotatable bonds is 7. The SMILES string of the molecule is CC(C)(C)c1ccc(N(c2ccc(C(C)(C)C)cc2)c2cc3c(c4c2oc2ccccc24)-c2c(cc(N(c4ccc(-c5ccccc5)cc4)c4ccc(C(C)(C)C)cc4)c4c2sc2ccccc24)C32c3ccccc3-c3ccccc32)cc1. The Kier molecular flexibility index (Phi) is 11.4. The van der Waals surface area contributed by atoms with Gasteiger partial charge in [-0.2, -0.15) is 0 Å². The van der Waals surface area contributed by atoms with E-state index in [1.54, 1.807) is 0 Å². The fourth-order valence-corrected chi connectivity index (χ4v) is 15.1. The Bertz CT molecular complexity index is 4590. The predicted molar refractivity (Wildman–Crippen MR) is 354 cm³/mol. The first-order valence-electron chi connectivity index (χ1n) is 29.3. The first-order valence-corrected chi connectivity index (χ1v) is 30.1. The molecule has 2 aromatic heterocycles. The summed E-state index contributed by atoms with van der Waals surface area (Å²) in [5.74, 6) is 0. The number of fused-ring (bicyclic) bond motifs is 18. The summed E-state index contributed by atoms with van der Waals surface area (Å²) >= 11 is 1.92. The minimum atomic E-state index is -0.755. The molecule has 0 bridgehead atoms. The summed E-state index contributed by atoms with van der Waals surface area (Å²) in [6.45, 7) is 20.7. The summed E-state index contributed by atoms with van der Waals surface area (Å²) in [7, 11) is 0. The monoisotopic (exact) mass is 1090 g/mol. The Labute approximate surface area is 491 Å². The van der Waals surface area contributed by atoms with Crippen molar-refractivity contribution in [1.82, 2.24) is 0 Å². The van der Waals surface area contributed by atoms with Gasteiger partial charge in [0, 0.05) is 64.8 Å². The van der Waals surface area contributed by atoms with Gasteiger partial charge in [-0.3, -0.25) is 0 Å². The number of nitrogens with zero attached hydrogens (tertiary/aromatic N) is 2. The molecule has 0 saturated carbocycles. The maximum Gasteiger partial charge on any atom is 0.160 e. The van der Waals surface area contributed by atoms with Gasteiger partial charge in [0.05, 0.1) is 16.8 Å². The van der Waals surface area contributed by atoms with Crippen molar-refractivity contribution in [1.29, 1.82) is 0 Å². The highest BCUT2D eigenvalue weighted by Crippen LogP contribution is 2.68. The molecule has 0 N–H and O–H groups in total. The van der Waals surface area contributed by atoms with E-state index in [1.807, 2.05) is 11.3 Å². The number of hydrogen-bond acceptors (Lipinski definition) is 4. The topological polar surface area (TPSA) is 19.6 Å². The number of thiophene rings is 1. The lowest BCUT2D eigenvalue weighted by atomic mass is 9.70. The lowest BCUT2D eigenvalue weighted by Gasteiger charge is -2.34. The van der Waals surface area contributed by atoms with Gasteiger partial charge < -0.3 is 14.2 Å². The molecule has 2 heterocycles. The molecule has 0 saturated heterocycles. The smallest absolute Gasteiger partial charge is 0.160 e. The van der Waals surface area contributed by atoms with E-state index in [2.05, 4.69) is 309 Å². The average molecular weight is 1090 g/mol. The van der Waals surface area contributed by atoms with E-state index in [-0.39, 0.29) is 16.2 Å².